The summed E-state index contributed by atoms with van der Waals surface area (Å²) in [6, 6.07) is 4.66. The van der Waals surface area contributed by atoms with Crippen LogP contribution in [0.1, 0.15) is 19.4 Å². The molecule has 0 radical (unpaired) electrons. The van der Waals surface area contributed by atoms with Crippen LogP contribution in [0.5, 0.6) is 5.75 Å². The van der Waals surface area contributed by atoms with E-state index in [0.717, 1.165) is 5.56 Å². The summed E-state index contributed by atoms with van der Waals surface area (Å²) in [6.07, 6.45) is 0. The van der Waals surface area contributed by atoms with Crippen LogP contribution in [0.3, 0.4) is 0 Å². The van der Waals surface area contributed by atoms with Crippen molar-refractivity contribution in [2.75, 3.05) is 13.7 Å². The summed E-state index contributed by atoms with van der Waals surface area (Å²) in [5, 5.41) is 11.9. The first-order valence-electron chi connectivity index (χ1n) is 5.63. The Bertz CT molecular complexity index is 432. The number of ether oxygens (including phenoxy) is 1. The van der Waals surface area contributed by atoms with Crippen LogP contribution in [-0.4, -0.2) is 24.7 Å². The SMILES string of the molecule is COc1ccc(CNCC(C)(C)C(=O)O)cc1F. The lowest BCUT2D eigenvalue weighted by Crippen LogP contribution is -2.35. The molecule has 4 nitrogen and oxygen atoms in total. The van der Waals surface area contributed by atoms with Crippen LogP contribution < -0.4 is 10.1 Å². The minimum atomic E-state index is -0.865. The molecule has 0 amide bonds. The first kappa shape index (κ1) is 14.4. The monoisotopic (exact) mass is 255 g/mol. The molecule has 100 valence electrons. The number of carboxylic acids is 1. The highest BCUT2D eigenvalue weighted by Gasteiger charge is 2.26. The number of methoxy groups -OCH3 is 1. The molecule has 0 spiro atoms. The Hall–Kier alpha value is -1.62. The molecule has 0 aliphatic heterocycles. The molecular weight excluding hydrogens is 237 g/mol. The predicted octanol–water partition coefficient (Wildman–Crippen LogP) is 2.03. The van der Waals surface area contributed by atoms with Gasteiger partial charge in [0, 0.05) is 13.1 Å². The number of benzene rings is 1. The van der Waals surface area contributed by atoms with E-state index in [1.165, 1.54) is 13.2 Å². The molecule has 1 aromatic rings. The van der Waals surface area contributed by atoms with E-state index in [0.29, 0.717) is 13.1 Å². The van der Waals surface area contributed by atoms with Gasteiger partial charge in [0.1, 0.15) is 0 Å². The molecule has 2 N–H and O–H groups in total. The van der Waals surface area contributed by atoms with Gasteiger partial charge in [-0.2, -0.15) is 0 Å². The number of hydrogen-bond donors (Lipinski definition) is 2. The smallest absolute Gasteiger partial charge is 0.310 e. The van der Waals surface area contributed by atoms with E-state index in [1.807, 2.05) is 0 Å². The third-order valence-electron chi connectivity index (χ3n) is 2.69. The zero-order valence-electron chi connectivity index (χ0n) is 10.8. The first-order valence-corrected chi connectivity index (χ1v) is 5.63. The van der Waals surface area contributed by atoms with Gasteiger partial charge >= 0.3 is 5.97 Å². The molecule has 0 aliphatic rings. The Morgan fingerprint density at radius 3 is 2.67 bits per heavy atom. The Morgan fingerprint density at radius 1 is 1.50 bits per heavy atom. The summed E-state index contributed by atoms with van der Waals surface area (Å²) in [5.74, 6) is -1.09. The standard InChI is InChI=1S/C13H18FNO3/c1-13(2,12(16)17)8-15-7-9-4-5-11(18-3)10(14)6-9/h4-6,15H,7-8H2,1-3H3,(H,16,17). The van der Waals surface area contributed by atoms with Gasteiger partial charge < -0.3 is 15.2 Å². The highest BCUT2D eigenvalue weighted by atomic mass is 19.1. The molecule has 1 rings (SSSR count). The summed E-state index contributed by atoms with van der Waals surface area (Å²) in [4.78, 5) is 10.9. The number of carboxylic acid groups (broad SMARTS) is 1. The number of rotatable bonds is 6. The molecule has 0 aliphatic carbocycles. The van der Waals surface area contributed by atoms with Crippen molar-refractivity contribution >= 4 is 5.97 Å². The summed E-state index contributed by atoms with van der Waals surface area (Å²) >= 11 is 0. The van der Waals surface area contributed by atoms with Crippen molar-refractivity contribution in [2.45, 2.75) is 20.4 Å². The quantitative estimate of drug-likeness (QED) is 0.816. The van der Waals surface area contributed by atoms with Gasteiger partial charge in [0.15, 0.2) is 11.6 Å². The summed E-state index contributed by atoms with van der Waals surface area (Å²) in [6.45, 7) is 4.00. The molecular formula is C13H18FNO3. The van der Waals surface area contributed by atoms with Gasteiger partial charge in [-0.1, -0.05) is 6.07 Å². The maximum atomic E-state index is 13.4. The van der Waals surface area contributed by atoms with E-state index in [9.17, 15) is 9.18 Å². The molecule has 5 heteroatoms. The van der Waals surface area contributed by atoms with E-state index in [2.05, 4.69) is 5.32 Å². The van der Waals surface area contributed by atoms with Crippen LogP contribution in [-0.2, 0) is 11.3 Å². The fraction of sp³-hybridized carbons (Fsp3) is 0.462. The molecule has 0 fully saturated rings. The lowest BCUT2D eigenvalue weighted by molar-refractivity contribution is -0.146. The predicted molar refractivity (Wildman–Crippen MR) is 66.1 cm³/mol. The minimum Gasteiger partial charge on any atom is -0.494 e. The largest absolute Gasteiger partial charge is 0.494 e. The average Bonchev–Trinajstić information content (AvgIpc) is 2.29. The van der Waals surface area contributed by atoms with Gasteiger partial charge in [-0.15, -0.1) is 0 Å². The number of halogens is 1. The minimum absolute atomic E-state index is 0.199. The lowest BCUT2D eigenvalue weighted by Gasteiger charge is -2.19. The third kappa shape index (κ3) is 3.70. The topological polar surface area (TPSA) is 58.6 Å². The van der Waals surface area contributed by atoms with Crippen LogP contribution >= 0.6 is 0 Å². The molecule has 0 saturated heterocycles. The van der Waals surface area contributed by atoms with Crippen LogP contribution in [0.2, 0.25) is 0 Å². The van der Waals surface area contributed by atoms with Crippen molar-refractivity contribution in [3.63, 3.8) is 0 Å². The second-order valence-electron chi connectivity index (χ2n) is 4.76. The molecule has 0 unspecified atom stereocenters. The first-order chi connectivity index (χ1) is 8.36. The summed E-state index contributed by atoms with van der Waals surface area (Å²) < 4.78 is 18.2. The van der Waals surface area contributed by atoms with Gasteiger partial charge in [-0.05, 0) is 31.5 Å². The number of aliphatic carboxylic acids is 1. The van der Waals surface area contributed by atoms with Gasteiger partial charge in [0.05, 0.1) is 12.5 Å². The van der Waals surface area contributed by atoms with Crippen molar-refractivity contribution in [3.8, 4) is 5.75 Å². The number of nitrogens with one attached hydrogen (secondary N) is 1. The third-order valence-corrected chi connectivity index (χ3v) is 2.69. The normalized spacial score (nSPS) is 11.3. The van der Waals surface area contributed by atoms with Crippen LogP contribution in [0.25, 0.3) is 0 Å². The molecule has 0 saturated carbocycles. The molecule has 0 aromatic heterocycles. The Kier molecular flexibility index (Phi) is 4.67. The second-order valence-corrected chi connectivity index (χ2v) is 4.76. The van der Waals surface area contributed by atoms with Crippen LogP contribution in [0, 0.1) is 11.2 Å². The van der Waals surface area contributed by atoms with Crippen LogP contribution in [0.15, 0.2) is 18.2 Å². The van der Waals surface area contributed by atoms with Crippen molar-refractivity contribution in [2.24, 2.45) is 5.41 Å². The second kappa shape index (κ2) is 5.82. The van der Waals surface area contributed by atoms with Crippen molar-refractivity contribution in [1.29, 1.82) is 0 Å². The van der Waals surface area contributed by atoms with Crippen LogP contribution in [0.4, 0.5) is 4.39 Å². The average molecular weight is 255 g/mol. The van der Waals surface area contributed by atoms with Gasteiger partial charge in [-0.25, -0.2) is 4.39 Å². The Morgan fingerprint density at radius 2 is 2.17 bits per heavy atom. The van der Waals surface area contributed by atoms with E-state index in [-0.39, 0.29) is 5.75 Å². The molecule has 0 atom stereocenters. The number of carbonyl (C=O) groups is 1. The summed E-state index contributed by atoms with van der Waals surface area (Å²) in [5.41, 5.74) is -0.0974. The van der Waals surface area contributed by atoms with Crippen molar-refractivity contribution in [3.05, 3.63) is 29.6 Å². The molecule has 0 bridgehead atoms. The maximum Gasteiger partial charge on any atom is 0.310 e. The van der Waals surface area contributed by atoms with E-state index < -0.39 is 17.2 Å². The maximum absolute atomic E-state index is 13.4. The Balaban J connectivity index is 2.55. The zero-order valence-corrected chi connectivity index (χ0v) is 10.8. The highest BCUT2D eigenvalue weighted by molar-refractivity contribution is 5.73. The Labute approximate surface area is 106 Å². The van der Waals surface area contributed by atoms with Gasteiger partial charge in [-0.3, -0.25) is 4.79 Å². The van der Waals surface area contributed by atoms with Gasteiger partial charge in [0.2, 0.25) is 0 Å². The van der Waals surface area contributed by atoms with Crippen molar-refractivity contribution < 1.29 is 19.0 Å². The molecule has 18 heavy (non-hydrogen) atoms. The van der Waals surface area contributed by atoms with Gasteiger partial charge in [0.25, 0.3) is 0 Å². The fourth-order valence-electron chi connectivity index (χ4n) is 1.41. The zero-order chi connectivity index (χ0) is 13.8. The van der Waals surface area contributed by atoms with E-state index in [1.54, 1.807) is 26.0 Å². The summed E-state index contributed by atoms with van der Waals surface area (Å²) in [7, 11) is 1.41. The highest BCUT2D eigenvalue weighted by Crippen LogP contribution is 2.18. The van der Waals surface area contributed by atoms with E-state index in [4.69, 9.17) is 9.84 Å². The van der Waals surface area contributed by atoms with Crippen molar-refractivity contribution in [1.82, 2.24) is 5.32 Å². The lowest BCUT2D eigenvalue weighted by atomic mass is 9.94. The van der Waals surface area contributed by atoms with E-state index >= 15 is 0 Å². The molecule has 1 aromatic carbocycles. The number of hydrogen-bond acceptors (Lipinski definition) is 3. The molecule has 0 heterocycles. The fourth-order valence-corrected chi connectivity index (χ4v) is 1.41.